The van der Waals surface area contributed by atoms with Gasteiger partial charge in [0.05, 0.1) is 30.1 Å². The molecular weight excluding hydrogens is 320 g/mol. The van der Waals surface area contributed by atoms with Crippen LogP contribution < -0.4 is 5.32 Å². The molecule has 4 N–H and O–H groups in total. The van der Waals surface area contributed by atoms with Gasteiger partial charge in [-0.2, -0.15) is 8.42 Å². The summed E-state index contributed by atoms with van der Waals surface area (Å²) >= 11 is 0. The van der Waals surface area contributed by atoms with Gasteiger partial charge in [-0.05, 0) is 38.5 Å². The monoisotopic (exact) mass is 340 g/mol. The van der Waals surface area contributed by atoms with Gasteiger partial charge < -0.3 is 10.3 Å². The van der Waals surface area contributed by atoms with Crippen LogP contribution >= 0.6 is 0 Å². The van der Waals surface area contributed by atoms with Crippen LogP contribution in [0.1, 0.15) is 20.8 Å². The first-order valence-corrected chi connectivity index (χ1v) is 8.03. The van der Waals surface area contributed by atoms with Gasteiger partial charge in [0.15, 0.2) is 0 Å². The number of nitrogens with zero attached hydrogens (tertiary/aromatic N) is 2. The minimum atomic E-state index is -4.67. The van der Waals surface area contributed by atoms with E-state index in [2.05, 4.69) is 41.0 Å². The maximum Gasteiger partial charge on any atom is 0.394 e. The Labute approximate surface area is 135 Å². The molecule has 126 valence electrons. The Balaban J connectivity index is 0.000000463. The van der Waals surface area contributed by atoms with Crippen molar-refractivity contribution in [2.45, 2.75) is 26.3 Å². The number of benzene rings is 1. The molecule has 1 heterocycles. The number of imidazole rings is 1. The molecule has 1 aromatic carbocycles. The molecule has 0 atom stereocenters. The highest BCUT2D eigenvalue weighted by atomic mass is 32.3. The van der Waals surface area contributed by atoms with Crippen molar-refractivity contribution in [3.8, 4) is 11.3 Å². The van der Waals surface area contributed by atoms with Crippen molar-refractivity contribution in [3.63, 3.8) is 0 Å². The molecule has 1 aromatic heterocycles. The van der Waals surface area contributed by atoms with Crippen LogP contribution in [0.3, 0.4) is 0 Å². The smallest absolute Gasteiger partial charge is 0.347 e. The van der Waals surface area contributed by atoms with Crippen LogP contribution in [0.4, 0.5) is 5.69 Å². The highest BCUT2D eigenvalue weighted by Gasteiger charge is 2.04. The molecular formula is C14H20N4O4S. The van der Waals surface area contributed by atoms with Gasteiger partial charge in [0.2, 0.25) is 0 Å². The quantitative estimate of drug-likeness (QED) is 0.386. The predicted octanol–water partition coefficient (Wildman–Crippen LogP) is 2.66. The van der Waals surface area contributed by atoms with E-state index in [1.165, 1.54) is 0 Å². The van der Waals surface area contributed by atoms with Crippen molar-refractivity contribution in [3.05, 3.63) is 36.8 Å². The van der Waals surface area contributed by atoms with Crippen LogP contribution in [0, 0.1) is 0 Å². The van der Waals surface area contributed by atoms with Gasteiger partial charge in [0.25, 0.3) is 0 Å². The lowest BCUT2D eigenvalue weighted by molar-refractivity contribution is 0.381. The van der Waals surface area contributed by atoms with Crippen LogP contribution in [0.5, 0.6) is 0 Å². The number of nitrogens with one attached hydrogen (secondary N) is 2. The van der Waals surface area contributed by atoms with Crippen molar-refractivity contribution >= 4 is 22.4 Å². The summed E-state index contributed by atoms with van der Waals surface area (Å²) in [6.45, 7) is 6.19. The van der Waals surface area contributed by atoms with E-state index in [-0.39, 0.29) is 5.54 Å². The second kappa shape index (κ2) is 7.86. The van der Waals surface area contributed by atoms with Crippen LogP contribution in [0.2, 0.25) is 0 Å². The summed E-state index contributed by atoms with van der Waals surface area (Å²) in [7, 11) is -4.67. The molecule has 2 rings (SSSR count). The highest BCUT2D eigenvalue weighted by molar-refractivity contribution is 7.79. The molecule has 0 radical (unpaired) electrons. The van der Waals surface area contributed by atoms with Crippen molar-refractivity contribution < 1.29 is 17.5 Å². The van der Waals surface area contributed by atoms with Gasteiger partial charge in [-0.15, -0.1) is 0 Å². The third kappa shape index (κ3) is 9.40. The number of hydrogen-bond donors (Lipinski definition) is 4. The second-order valence-electron chi connectivity index (χ2n) is 5.56. The number of hydrogen-bond acceptors (Lipinski definition) is 4. The number of aromatic nitrogens is 2. The Morgan fingerprint density at radius 2 is 1.78 bits per heavy atom. The average molecular weight is 340 g/mol. The summed E-state index contributed by atoms with van der Waals surface area (Å²) in [4.78, 5) is 11.5. The molecule has 8 nitrogen and oxygen atoms in total. The third-order valence-electron chi connectivity index (χ3n) is 2.38. The molecule has 0 amide bonds. The topological polar surface area (TPSA) is 128 Å². The largest absolute Gasteiger partial charge is 0.394 e. The van der Waals surface area contributed by atoms with Crippen molar-refractivity contribution in [1.82, 2.24) is 9.97 Å². The number of aromatic amines is 1. The fourth-order valence-corrected chi connectivity index (χ4v) is 1.46. The first kappa shape index (κ1) is 18.8. The van der Waals surface area contributed by atoms with Crippen LogP contribution in [-0.2, 0) is 10.4 Å². The maximum atomic E-state index is 8.74. The summed E-state index contributed by atoms with van der Waals surface area (Å²) in [5.41, 5.74) is 3.10. The lowest BCUT2D eigenvalue weighted by Gasteiger charge is -2.11. The van der Waals surface area contributed by atoms with Crippen LogP contribution in [-0.4, -0.2) is 39.4 Å². The fraction of sp³-hybridized carbons (Fsp3) is 0.286. The van der Waals surface area contributed by atoms with E-state index in [0.29, 0.717) is 0 Å². The molecule has 0 aliphatic rings. The van der Waals surface area contributed by atoms with E-state index in [4.69, 9.17) is 17.5 Å². The highest BCUT2D eigenvalue weighted by Crippen LogP contribution is 2.18. The number of H-pyrrole nitrogens is 1. The van der Waals surface area contributed by atoms with Crippen LogP contribution in [0.25, 0.3) is 11.3 Å². The SMILES string of the molecule is CC(C)(C)N=CNc1ccc(-c2cnc[nH]2)cc1.O=S(=O)(O)O. The van der Waals surface area contributed by atoms with Gasteiger partial charge in [0.1, 0.15) is 0 Å². The molecule has 0 aliphatic carbocycles. The van der Waals surface area contributed by atoms with E-state index in [9.17, 15) is 0 Å². The van der Waals surface area contributed by atoms with Gasteiger partial charge in [0, 0.05) is 5.69 Å². The molecule has 0 fully saturated rings. The zero-order valence-corrected chi connectivity index (χ0v) is 13.9. The Morgan fingerprint density at radius 1 is 1.22 bits per heavy atom. The van der Waals surface area contributed by atoms with Crippen molar-refractivity contribution in [1.29, 1.82) is 0 Å². The summed E-state index contributed by atoms with van der Waals surface area (Å²) in [5.74, 6) is 0. The molecule has 9 heteroatoms. The van der Waals surface area contributed by atoms with Gasteiger partial charge in [-0.3, -0.25) is 14.1 Å². The summed E-state index contributed by atoms with van der Waals surface area (Å²) in [5, 5.41) is 3.16. The zero-order valence-electron chi connectivity index (χ0n) is 13.1. The Morgan fingerprint density at radius 3 is 2.22 bits per heavy atom. The first-order chi connectivity index (χ1) is 10.5. The molecule has 0 aliphatic heterocycles. The van der Waals surface area contributed by atoms with E-state index in [1.54, 1.807) is 12.7 Å². The maximum absolute atomic E-state index is 8.74. The standard InChI is InChI=1S/C14H18N4.H2O4S/c1-14(2,3)18-10-16-12-6-4-11(5-7-12)13-8-15-9-17-13;1-5(2,3)4/h4-10H,1-3H3,(H,15,17)(H,16,18);(H2,1,2,3,4). The van der Waals surface area contributed by atoms with E-state index < -0.39 is 10.4 Å². The molecule has 0 saturated carbocycles. The second-order valence-corrected chi connectivity index (χ2v) is 6.46. The molecule has 0 saturated heterocycles. The zero-order chi connectivity index (χ0) is 17.5. The minimum absolute atomic E-state index is 0.0527. The van der Waals surface area contributed by atoms with Gasteiger partial charge >= 0.3 is 10.4 Å². The van der Waals surface area contributed by atoms with Gasteiger partial charge in [-0.25, -0.2) is 4.98 Å². The summed E-state index contributed by atoms with van der Waals surface area (Å²) in [6.07, 6.45) is 5.23. The normalized spacial score (nSPS) is 11.9. The fourth-order valence-electron chi connectivity index (χ4n) is 1.46. The van der Waals surface area contributed by atoms with E-state index in [0.717, 1.165) is 16.9 Å². The average Bonchev–Trinajstić information content (AvgIpc) is 2.90. The molecule has 0 bridgehead atoms. The van der Waals surface area contributed by atoms with E-state index >= 15 is 0 Å². The molecule has 0 spiro atoms. The van der Waals surface area contributed by atoms with Gasteiger partial charge in [-0.1, -0.05) is 12.1 Å². The number of rotatable bonds is 3. The van der Waals surface area contributed by atoms with Crippen LogP contribution in [0.15, 0.2) is 41.8 Å². The predicted molar refractivity (Wildman–Crippen MR) is 90.1 cm³/mol. The van der Waals surface area contributed by atoms with E-state index in [1.807, 2.05) is 30.5 Å². The van der Waals surface area contributed by atoms with Crippen molar-refractivity contribution in [2.75, 3.05) is 5.32 Å². The third-order valence-corrected chi connectivity index (χ3v) is 2.38. The molecule has 2 aromatic rings. The summed E-state index contributed by atoms with van der Waals surface area (Å²) < 4.78 is 31.6. The first-order valence-electron chi connectivity index (χ1n) is 6.63. The number of anilines is 1. The lowest BCUT2D eigenvalue weighted by Crippen LogP contribution is -2.11. The Bertz CT molecular complexity index is 709. The Hall–Kier alpha value is -2.23. The Kier molecular flexibility index (Phi) is 6.43. The number of aliphatic imine (C=N–C) groups is 1. The lowest BCUT2D eigenvalue weighted by atomic mass is 10.1. The molecule has 23 heavy (non-hydrogen) atoms. The minimum Gasteiger partial charge on any atom is -0.347 e. The summed E-state index contributed by atoms with van der Waals surface area (Å²) in [6, 6.07) is 8.12. The van der Waals surface area contributed by atoms with Crippen molar-refractivity contribution in [2.24, 2.45) is 4.99 Å². The molecule has 0 unspecified atom stereocenters.